The van der Waals surface area contributed by atoms with E-state index in [1.807, 2.05) is 0 Å². The highest BCUT2D eigenvalue weighted by molar-refractivity contribution is 4.93. The molecule has 1 N–H and O–H groups in total. The summed E-state index contributed by atoms with van der Waals surface area (Å²) in [4.78, 5) is 0. The van der Waals surface area contributed by atoms with Crippen molar-refractivity contribution in [1.82, 2.24) is 5.32 Å². The number of ether oxygens (including phenoxy) is 2. The number of nitrogens with one attached hydrogen (secondary N) is 1. The molecular formula is C17H33NO2. The number of unbranched alkanes of at least 4 members (excludes halogenated alkanes) is 6. The predicted molar refractivity (Wildman–Crippen MR) is 83.1 cm³/mol. The van der Waals surface area contributed by atoms with Crippen LogP contribution < -0.4 is 5.32 Å². The highest BCUT2D eigenvalue weighted by atomic mass is 16.6. The van der Waals surface area contributed by atoms with Crippen LogP contribution in [0.1, 0.15) is 71.1 Å². The summed E-state index contributed by atoms with van der Waals surface area (Å²) in [5.74, 6) is 0. The Morgan fingerprint density at radius 3 is 2.50 bits per heavy atom. The minimum atomic E-state index is 0.149. The molecule has 0 aromatic rings. The predicted octanol–water partition coefficient (Wildman–Crippen LogP) is 3.66. The average molecular weight is 283 g/mol. The van der Waals surface area contributed by atoms with Crippen molar-refractivity contribution in [2.24, 2.45) is 0 Å². The summed E-state index contributed by atoms with van der Waals surface area (Å²) in [7, 11) is 0. The summed E-state index contributed by atoms with van der Waals surface area (Å²) < 4.78 is 12.1. The molecule has 1 atom stereocenters. The van der Waals surface area contributed by atoms with Gasteiger partial charge in [0.15, 0.2) is 0 Å². The second kappa shape index (κ2) is 9.01. The van der Waals surface area contributed by atoms with Gasteiger partial charge in [0, 0.05) is 13.0 Å². The van der Waals surface area contributed by atoms with E-state index in [9.17, 15) is 0 Å². The fraction of sp³-hybridized carbons (Fsp3) is 1.00. The molecule has 0 amide bonds. The molecule has 2 rings (SSSR count). The van der Waals surface area contributed by atoms with Gasteiger partial charge in [0.05, 0.1) is 18.3 Å². The molecule has 1 spiro atoms. The van der Waals surface area contributed by atoms with Crippen molar-refractivity contribution < 1.29 is 9.47 Å². The first-order valence-corrected chi connectivity index (χ1v) is 8.81. The van der Waals surface area contributed by atoms with Gasteiger partial charge in [-0.3, -0.25) is 0 Å². The third kappa shape index (κ3) is 5.34. The minimum Gasteiger partial charge on any atom is -0.376 e. The molecule has 2 heterocycles. The standard InChI is InChI=1S/C17H33NO2/c1-2-3-4-5-6-7-8-13-19-16-14-17(20-15-16)9-11-18-12-10-17/h16,18H,2-15H2,1H3. The average Bonchev–Trinajstić information content (AvgIpc) is 2.85. The molecule has 0 bridgehead atoms. The van der Waals surface area contributed by atoms with E-state index in [0.717, 1.165) is 45.6 Å². The smallest absolute Gasteiger partial charge is 0.0836 e. The lowest BCUT2D eigenvalue weighted by molar-refractivity contribution is -0.0234. The Morgan fingerprint density at radius 2 is 1.75 bits per heavy atom. The molecule has 2 aliphatic rings. The molecule has 1 unspecified atom stereocenters. The van der Waals surface area contributed by atoms with Crippen molar-refractivity contribution in [2.75, 3.05) is 26.3 Å². The van der Waals surface area contributed by atoms with Gasteiger partial charge in [0.2, 0.25) is 0 Å². The molecule has 0 saturated carbocycles. The van der Waals surface area contributed by atoms with Gasteiger partial charge in [-0.1, -0.05) is 45.4 Å². The summed E-state index contributed by atoms with van der Waals surface area (Å²) in [6.45, 7) is 6.22. The number of piperidine rings is 1. The molecule has 2 fully saturated rings. The van der Waals surface area contributed by atoms with Crippen LogP contribution in [0.4, 0.5) is 0 Å². The van der Waals surface area contributed by atoms with Crippen molar-refractivity contribution in [2.45, 2.75) is 82.8 Å². The van der Waals surface area contributed by atoms with Crippen molar-refractivity contribution in [3.05, 3.63) is 0 Å². The Balaban J connectivity index is 1.46. The van der Waals surface area contributed by atoms with Gasteiger partial charge < -0.3 is 14.8 Å². The molecule has 118 valence electrons. The normalized spacial score (nSPS) is 25.4. The lowest BCUT2D eigenvalue weighted by Gasteiger charge is -2.32. The SMILES string of the molecule is CCCCCCCCCOC1COC2(CCNCC2)C1. The van der Waals surface area contributed by atoms with Crippen molar-refractivity contribution >= 4 is 0 Å². The van der Waals surface area contributed by atoms with Crippen LogP contribution in [-0.4, -0.2) is 38.0 Å². The van der Waals surface area contributed by atoms with Gasteiger partial charge >= 0.3 is 0 Å². The van der Waals surface area contributed by atoms with Crippen LogP contribution in [-0.2, 0) is 9.47 Å². The molecule has 3 nitrogen and oxygen atoms in total. The molecule has 0 aromatic heterocycles. The number of hydrogen-bond acceptors (Lipinski definition) is 3. The summed E-state index contributed by atoms with van der Waals surface area (Å²) in [6.07, 6.45) is 13.2. The van der Waals surface area contributed by atoms with Crippen molar-refractivity contribution in [3.8, 4) is 0 Å². The second-order valence-electron chi connectivity index (χ2n) is 6.56. The first-order chi connectivity index (χ1) is 9.85. The first-order valence-electron chi connectivity index (χ1n) is 8.81. The van der Waals surface area contributed by atoms with Gasteiger partial charge in [-0.05, 0) is 32.4 Å². The van der Waals surface area contributed by atoms with Gasteiger partial charge in [-0.2, -0.15) is 0 Å². The Kier molecular flexibility index (Phi) is 7.32. The summed E-state index contributed by atoms with van der Waals surface area (Å²) >= 11 is 0. The third-order valence-corrected chi connectivity index (χ3v) is 4.79. The van der Waals surface area contributed by atoms with E-state index in [1.165, 1.54) is 44.9 Å². The highest BCUT2D eigenvalue weighted by Crippen LogP contribution is 2.35. The maximum atomic E-state index is 6.05. The van der Waals surface area contributed by atoms with Crippen molar-refractivity contribution in [3.63, 3.8) is 0 Å². The summed E-state index contributed by atoms with van der Waals surface area (Å²) in [5, 5.41) is 3.41. The maximum Gasteiger partial charge on any atom is 0.0836 e. The van der Waals surface area contributed by atoms with Crippen LogP contribution in [0.15, 0.2) is 0 Å². The van der Waals surface area contributed by atoms with E-state index in [4.69, 9.17) is 9.47 Å². The molecule has 20 heavy (non-hydrogen) atoms. The molecule has 3 heteroatoms. The van der Waals surface area contributed by atoms with E-state index >= 15 is 0 Å². The largest absolute Gasteiger partial charge is 0.376 e. The van der Waals surface area contributed by atoms with Gasteiger partial charge in [0.25, 0.3) is 0 Å². The van der Waals surface area contributed by atoms with Gasteiger partial charge in [-0.15, -0.1) is 0 Å². The molecular weight excluding hydrogens is 250 g/mol. The third-order valence-electron chi connectivity index (χ3n) is 4.79. The zero-order chi connectivity index (χ0) is 14.1. The van der Waals surface area contributed by atoms with Crippen LogP contribution in [0.25, 0.3) is 0 Å². The highest BCUT2D eigenvalue weighted by Gasteiger charge is 2.41. The molecule has 0 aliphatic carbocycles. The Hall–Kier alpha value is -0.120. The quantitative estimate of drug-likeness (QED) is 0.655. The fourth-order valence-electron chi connectivity index (χ4n) is 3.45. The van der Waals surface area contributed by atoms with Crippen LogP contribution in [0, 0.1) is 0 Å². The van der Waals surface area contributed by atoms with E-state index in [-0.39, 0.29) is 5.60 Å². The molecule has 2 aliphatic heterocycles. The van der Waals surface area contributed by atoms with Crippen LogP contribution >= 0.6 is 0 Å². The zero-order valence-corrected chi connectivity index (χ0v) is 13.3. The van der Waals surface area contributed by atoms with Crippen LogP contribution in [0.2, 0.25) is 0 Å². The Labute approximate surface area is 124 Å². The number of rotatable bonds is 9. The van der Waals surface area contributed by atoms with E-state index in [1.54, 1.807) is 0 Å². The second-order valence-corrected chi connectivity index (χ2v) is 6.56. The van der Waals surface area contributed by atoms with Crippen molar-refractivity contribution in [1.29, 1.82) is 0 Å². The maximum absolute atomic E-state index is 6.05. The summed E-state index contributed by atoms with van der Waals surface area (Å²) in [5.41, 5.74) is 0.149. The first kappa shape index (κ1) is 16.3. The monoisotopic (exact) mass is 283 g/mol. The lowest BCUT2D eigenvalue weighted by Crippen LogP contribution is -2.41. The Morgan fingerprint density at radius 1 is 1.05 bits per heavy atom. The number of hydrogen-bond donors (Lipinski definition) is 1. The van der Waals surface area contributed by atoms with Crippen LogP contribution in [0.3, 0.4) is 0 Å². The fourth-order valence-corrected chi connectivity index (χ4v) is 3.45. The molecule has 2 saturated heterocycles. The van der Waals surface area contributed by atoms with Gasteiger partial charge in [0.1, 0.15) is 0 Å². The van der Waals surface area contributed by atoms with E-state index in [0.29, 0.717) is 6.10 Å². The minimum absolute atomic E-state index is 0.149. The van der Waals surface area contributed by atoms with E-state index < -0.39 is 0 Å². The lowest BCUT2D eigenvalue weighted by atomic mass is 9.89. The Bertz CT molecular complexity index is 251. The molecule has 0 aromatic carbocycles. The van der Waals surface area contributed by atoms with Gasteiger partial charge in [-0.25, -0.2) is 0 Å². The topological polar surface area (TPSA) is 30.5 Å². The zero-order valence-electron chi connectivity index (χ0n) is 13.3. The molecule has 0 radical (unpaired) electrons. The van der Waals surface area contributed by atoms with Crippen LogP contribution in [0.5, 0.6) is 0 Å². The summed E-state index contributed by atoms with van der Waals surface area (Å²) in [6, 6.07) is 0. The van der Waals surface area contributed by atoms with E-state index in [2.05, 4.69) is 12.2 Å².